The van der Waals surface area contributed by atoms with Crippen LogP contribution in [0.5, 0.6) is 5.75 Å². The number of methoxy groups -OCH3 is 1. The highest BCUT2D eigenvalue weighted by molar-refractivity contribution is 5.94. The first-order chi connectivity index (χ1) is 17.4. The molecule has 0 bridgehead atoms. The van der Waals surface area contributed by atoms with Crippen LogP contribution in [0.15, 0.2) is 53.3 Å². The Morgan fingerprint density at radius 2 is 1.97 bits per heavy atom. The monoisotopic (exact) mass is 490 g/mol. The summed E-state index contributed by atoms with van der Waals surface area (Å²) in [4.78, 5) is 34.2. The normalized spacial score (nSPS) is 14.9. The predicted octanol–water partition coefficient (Wildman–Crippen LogP) is 3.86. The van der Waals surface area contributed by atoms with Crippen LogP contribution in [0.4, 0.5) is 0 Å². The lowest BCUT2D eigenvalue weighted by Gasteiger charge is -2.40. The molecule has 2 aromatic heterocycles. The number of pyridine rings is 1. The molecule has 0 N–H and O–H groups in total. The number of hydrogen-bond acceptors (Lipinski definition) is 6. The maximum absolute atomic E-state index is 13.3. The summed E-state index contributed by atoms with van der Waals surface area (Å²) in [7, 11) is 3.53. The molecule has 0 aliphatic carbocycles. The van der Waals surface area contributed by atoms with Crippen LogP contribution in [0.1, 0.15) is 45.8 Å². The van der Waals surface area contributed by atoms with Crippen molar-refractivity contribution in [2.75, 3.05) is 27.2 Å². The molecule has 3 heterocycles. The minimum Gasteiger partial charge on any atom is -0.497 e. The number of hydrogen-bond donors (Lipinski definition) is 0. The van der Waals surface area contributed by atoms with Crippen LogP contribution in [0.2, 0.25) is 0 Å². The fourth-order valence-corrected chi connectivity index (χ4v) is 5.06. The zero-order valence-corrected chi connectivity index (χ0v) is 21.4. The Kier molecular flexibility index (Phi) is 8.03. The third kappa shape index (κ3) is 5.75. The molecule has 8 nitrogen and oxygen atoms in total. The number of ether oxygens (including phenoxy) is 1. The number of likely N-dealkylation sites (N-methyl/N-ethyl adjacent to an activating group) is 1. The second kappa shape index (κ2) is 11.4. The average molecular weight is 491 g/mol. The van der Waals surface area contributed by atoms with Crippen LogP contribution in [0.25, 0.3) is 0 Å². The molecule has 0 radical (unpaired) electrons. The van der Waals surface area contributed by atoms with Crippen LogP contribution >= 0.6 is 0 Å². The summed E-state index contributed by atoms with van der Waals surface area (Å²) < 4.78 is 10.6. The molecule has 3 aromatic rings. The maximum atomic E-state index is 13.3. The number of nitrogens with zero attached hydrogens (tertiary/aromatic N) is 4. The van der Waals surface area contributed by atoms with E-state index in [2.05, 4.69) is 16.2 Å². The highest BCUT2D eigenvalue weighted by atomic mass is 16.5. The Morgan fingerprint density at radius 1 is 1.19 bits per heavy atom. The Balaban J connectivity index is 1.48. The quantitative estimate of drug-likeness (QED) is 0.476. The topological polar surface area (TPSA) is 88.8 Å². The molecule has 0 spiro atoms. The van der Waals surface area contributed by atoms with E-state index in [1.165, 1.54) is 0 Å². The molecule has 190 valence electrons. The highest BCUT2D eigenvalue weighted by Gasteiger charge is 2.33. The molecule has 1 aliphatic rings. The zero-order chi connectivity index (χ0) is 25.7. The Bertz CT molecular complexity index is 1170. The number of aromatic nitrogens is 2. The van der Waals surface area contributed by atoms with Gasteiger partial charge in [0.25, 0.3) is 5.91 Å². The lowest BCUT2D eigenvalue weighted by molar-refractivity contribution is -0.132. The van der Waals surface area contributed by atoms with E-state index in [-0.39, 0.29) is 23.8 Å². The van der Waals surface area contributed by atoms with Crippen molar-refractivity contribution in [3.8, 4) is 5.75 Å². The van der Waals surface area contributed by atoms with Crippen molar-refractivity contribution >= 4 is 11.8 Å². The molecule has 1 atom stereocenters. The van der Waals surface area contributed by atoms with Gasteiger partial charge in [0.05, 0.1) is 24.8 Å². The van der Waals surface area contributed by atoms with Crippen LogP contribution in [0, 0.1) is 19.8 Å². The maximum Gasteiger partial charge on any atom is 0.255 e. The van der Waals surface area contributed by atoms with E-state index < -0.39 is 0 Å². The molecule has 2 amide bonds. The first-order valence-electron chi connectivity index (χ1n) is 12.4. The minimum atomic E-state index is -0.0482. The van der Waals surface area contributed by atoms with E-state index >= 15 is 0 Å². The number of amides is 2. The second-order valence-electron chi connectivity index (χ2n) is 9.48. The molecule has 1 aliphatic heterocycles. The van der Waals surface area contributed by atoms with Crippen molar-refractivity contribution < 1.29 is 18.8 Å². The van der Waals surface area contributed by atoms with Crippen LogP contribution < -0.4 is 4.74 Å². The van der Waals surface area contributed by atoms with Crippen molar-refractivity contribution in [3.63, 3.8) is 0 Å². The first-order valence-corrected chi connectivity index (χ1v) is 12.4. The Labute approximate surface area is 212 Å². The molecular formula is C28H34N4O4. The molecule has 0 unspecified atom stereocenters. The number of likely N-dealkylation sites (tertiary alicyclic amines) is 1. The van der Waals surface area contributed by atoms with Crippen LogP contribution in [0.3, 0.4) is 0 Å². The molecule has 4 rings (SSSR count). The largest absolute Gasteiger partial charge is 0.497 e. The molecule has 1 saturated heterocycles. The highest BCUT2D eigenvalue weighted by Crippen LogP contribution is 2.29. The van der Waals surface area contributed by atoms with Gasteiger partial charge >= 0.3 is 0 Å². The number of benzene rings is 1. The number of carbonyl (C=O) groups is 2. The lowest BCUT2D eigenvalue weighted by atomic mass is 9.84. The van der Waals surface area contributed by atoms with E-state index in [4.69, 9.17) is 9.26 Å². The number of rotatable bonds is 8. The summed E-state index contributed by atoms with van der Waals surface area (Å²) in [5, 5.41) is 3.97. The van der Waals surface area contributed by atoms with Gasteiger partial charge in [-0.2, -0.15) is 0 Å². The van der Waals surface area contributed by atoms with Crippen molar-refractivity contribution in [1.29, 1.82) is 0 Å². The summed E-state index contributed by atoms with van der Waals surface area (Å²) in [5.41, 5.74) is 3.33. The first kappa shape index (κ1) is 25.4. The molecule has 8 heteroatoms. The van der Waals surface area contributed by atoms with Gasteiger partial charge in [0.1, 0.15) is 11.5 Å². The third-order valence-corrected chi connectivity index (χ3v) is 7.25. The summed E-state index contributed by atoms with van der Waals surface area (Å²) in [5.74, 6) is 1.79. The Morgan fingerprint density at radius 3 is 2.61 bits per heavy atom. The molecular weight excluding hydrogens is 456 g/mol. The third-order valence-electron chi connectivity index (χ3n) is 7.25. The zero-order valence-electron chi connectivity index (χ0n) is 21.4. The fraction of sp³-hybridized carbons (Fsp3) is 0.429. The van der Waals surface area contributed by atoms with Gasteiger partial charge in [0.2, 0.25) is 5.91 Å². The van der Waals surface area contributed by atoms with Gasteiger partial charge in [-0.15, -0.1) is 0 Å². The van der Waals surface area contributed by atoms with Crippen LogP contribution in [-0.2, 0) is 17.6 Å². The smallest absolute Gasteiger partial charge is 0.255 e. The molecule has 1 fully saturated rings. The van der Waals surface area contributed by atoms with Gasteiger partial charge < -0.3 is 19.1 Å². The summed E-state index contributed by atoms with van der Waals surface area (Å²) in [6, 6.07) is 11.5. The summed E-state index contributed by atoms with van der Waals surface area (Å²) in [6.45, 7) is 5.03. The van der Waals surface area contributed by atoms with Gasteiger partial charge in [-0.3, -0.25) is 14.6 Å². The van der Waals surface area contributed by atoms with E-state index in [0.29, 0.717) is 37.3 Å². The second-order valence-corrected chi connectivity index (χ2v) is 9.48. The van der Waals surface area contributed by atoms with Gasteiger partial charge in [-0.05, 0) is 68.9 Å². The number of aryl methyl sites for hydroxylation is 2. The SMILES string of the molecule is COc1cccc(C[C@H](C2CCN(C(=O)Cc3c(C)noc3C)CC2)N(C)C(=O)c2cccnc2)c1. The van der Waals surface area contributed by atoms with Crippen LogP contribution in [-0.4, -0.2) is 65.0 Å². The van der Waals surface area contributed by atoms with Crippen molar-refractivity contribution in [2.24, 2.45) is 5.92 Å². The number of piperidine rings is 1. The lowest BCUT2D eigenvalue weighted by Crippen LogP contribution is -2.48. The summed E-state index contributed by atoms with van der Waals surface area (Å²) >= 11 is 0. The Hall–Kier alpha value is -3.68. The standard InChI is InChI=1S/C28H34N4O4/c1-19-25(20(2)36-30-19)17-27(33)32-13-10-22(11-14-32)26(16-21-7-5-9-24(15-21)35-4)31(3)28(34)23-8-6-12-29-18-23/h5-9,12,15,18,22,26H,10-11,13-14,16-17H2,1-4H3/t26-/m1/s1. The number of carbonyl (C=O) groups excluding carboxylic acids is 2. The average Bonchev–Trinajstić information content (AvgIpc) is 3.23. The van der Waals surface area contributed by atoms with Gasteiger partial charge in [0, 0.05) is 44.1 Å². The molecule has 36 heavy (non-hydrogen) atoms. The molecule has 0 saturated carbocycles. The summed E-state index contributed by atoms with van der Waals surface area (Å²) in [6.07, 6.45) is 5.94. The van der Waals surface area contributed by atoms with Gasteiger partial charge in [-0.1, -0.05) is 17.3 Å². The van der Waals surface area contributed by atoms with E-state index in [9.17, 15) is 9.59 Å². The minimum absolute atomic E-state index is 0.0235. The van der Waals surface area contributed by atoms with Crippen molar-refractivity contribution in [2.45, 2.75) is 45.6 Å². The van der Waals surface area contributed by atoms with Crippen molar-refractivity contribution in [1.82, 2.24) is 19.9 Å². The van der Waals surface area contributed by atoms with E-state index in [0.717, 1.165) is 35.4 Å². The van der Waals surface area contributed by atoms with Gasteiger partial charge in [0.15, 0.2) is 0 Å². The van der Waals surface area contributed by atoms with E-state index in [1.807, 2.05) is 48.9 Å². The van der Waals surface area contributed by atoms with Crippen molar-refractivity contribution in [3.05, 3.63) is 76.9 Å². The van der Waals surface area contributed by atoms with E-state index in [1.54, 1.807) is 31.6 Å². The molecule has 1 aromatic carbocycles. The predicted molar refractivity (Wildman–Crippen MR) is 136 cm³/mol. The van der Waals surface area contributed by atoms with Gasteiger partial charge in [-0.25, -0.2) is 0 Å². The fourth-order valence-electron chi connectivity index (χ4n) is 5.06.